The molecule has 148 valence electrons. The van der Waals surface area contributed by atoms with E-state index in [9.17, 15) is 9.59 Å². The number of nitrogens with zero attached hydrogens (tertiary/aromatic N) is 4. The molecular weight excluding hydrogens is 364 g/mol. The number of hydrogen-bond donors (Lipinski definition) is 0. The summed E-state index contributed by atoms with van der Waals surface area (Å²) in [5.74, 6) is 0.172. The van der Waals surface area contributed by atoms with E-state index in [0.29, 0.717) is 22.4 Å². The van der Waals surface area contributed by atoms with Crippen molar-refractivity contribution < 1.29 is 4.79 Å². The van der Waals surface area contributed by atoms with E-state index >= 15 is 0 Å². The lowest BCUT2D eigenvalue weighted by Gasteiger charge is -2.36. The number of likely N-dealkylation sites (tertiary alicyclic amines) is 1. The number of carbonyl (C=O) groups excluding carboxylic acids is 1. The van der Waals surface area contributed by atoms with E-state index in [4.69, 9.17) is 0 Å². The summed E-state index contributed by atoms with van der Waals surface area (Å²) in [4.78, 5) is 30.6. The summed E-state index contributed by atoms with van der Waals surface area (Å²) in [7, 11) is 3.74. The van der Waals surface area contributed by atoms with Gasteiger partial charge in [-0.1, -0.05) is 35.9 Å². The second kappa shape index (κ2) is 6.52. The Morgan fingerprint density at radius 2 is 1.86 bits per heavy atom. The van der Waals surface area contributed by atoms with Gasteiger partial charge < -0.3 is 9.80 Å². The van der Waals surface area contributed by atoms with Crippen LogP contribution in [0.1, 0.15) is 34.0 Å². The van der Waals surface area contributed by atoms with Gasteiger partial charge in [0.2, 0.25) is 0 Å². The normalized spacial score (nSPS) is 21.3. The molecule has 0 N–H and O–H groups in total. The molecule has 1 fully saturated rings. The molecule has 1 saturated heterocycles. The lowest BCUT2D eigenvalue weighted by Crippen LogP contribution is -2.47. The highest BCUT2D eigenvalue weighted by molar-refractivity contribution is 6.13. The average Bonchev–Trinajstić information content (AvgIpc) is 3.03. The van der Waals surface area contributed by atoms with Gasteiger partial charge in [-0.3, -0.25) is 9.59 Å². The summed E-state index contributed by atoms with van der Waals surface area (Å²) >= 11 is 0. The molecule has 3 aromatic rings. The zero-order valence-corrected chi connectivity index (χ0v) is 16.9. The van der Waals surface area contributed by atoms with Gasteiger partial charge in [0.05, 0.1) is 5.39 Å². The SMILES string of the molecule is Cc1ccc2c(c1)[C@@H]1CN(C)CC[C@H]1N2C(=O)c1nn(C)c(=O)c2ccccc12. The second-order valence-corrected chi connectivity index (χ2v) is 8.29. The number of aromatic nitrogens is 2. The standard InChI is InChI=1S/C23H24N4O2/c1-14-8-9-19-17(12-14)18-13-25(2)11-10-20(18)27(19)23(29)21-15-6-4-5-7-16(15)22(28)26(3)24-21/h4-9,12,18,20H,10-11,13H2,1-3H3/t18-,20+/m0/s1. The van der Waals surface area contributed by atoms with E-state index in [1.54, 1.807) is 13.1 Å². The summed E-state index contributed by atoms with van der Waals surface area (Å²) in [5, 5.41) is 5.53. The Labute approximate surface area is 169 Å². The summed E-state index contributed by atoms with van der Waals surface area (Å²) in [5.41, 5.74) is 3.57. The van der Waals surface area contributed by atoms with Crippen molar-refractivity contribution in [1.29, 1.82) is 0 Å². The van der Waals surface area contributed by atoms with Crippen LogP contribution < -0.4 is 10.5 Å². The van der Waals surface area contributed by atoms with Gasteiger partial charge in [-0.15, -0.1) is 0 Å². The Morgan fingerprint density at radius 1 is 1.10 bits per heavy atom. The van der Waals surface area contributed by atoms with Crippen LogP contribution in [0.3, 0.4) is 0 Å². The highest BCUT2D eigenvalue weighted by atomic mass is 16.2. The first-order valence-electron chi connectivity index (χ1n) is 10.0. The van der Waals surface area contributed by atoms with Gasteiger partial charge in [0.25, 0.3) is 11.5 Å². The van der Waals surface area contributed by atoms with Crippen molar-refractivity contribution in [3.8, 4) is 0 Å². The lowest BCUT2D eigenvalue weighted by atomic mass is 9.89. The molecular formula is C23H24N4O2. The van der Waals surface area contributed by atoms with E-state index in [1.165, 1.54) is 15.8 Å². The van der Waals surface area contributed by atoms with Gasteiger partial charge in [0, 0.05) is 36.6 Å². The monoisotopic (exact) mass is 388 g/mol. The fourth-order valence-corrected chi connectivity index (χ4v) is 4.92. The minimum atomic E-state index is -0.188. The van der Waals surface area contributed by atoms with Crippen molar-refractivity contribution in [1.82, 2.24) is 14.7 Å². The Hall–Kier alpha value is -2.99. The minimum Gasteiger partial charge on any atom is -0.306 e. The van der Waals surface area contributed by atoms with Gasteiger partial charge in [-0.25, -0.2) is 4.68 Å². The summed E-state index contributed by atoms with van der Waals surface area (Å²) in [6.07, 6.45) is 0.921. The molecule has 5 rings (SSSR count). The Bertz CT molecular complexity index is 1200. The van der Waals surface area contributed by atoms with Crippen molar-refractivity contribution in [2.45, 2.75) is 25.3 Å². The molecule has 0 radical (unpaired) electrons. The van der Waals surface area contributed by atoms with Crippen LogP contribution in [0.2, 0.25) is 0 Å². The fourth-order valence-electron chi connectivity index (χ4n) is 4.92. The van der Waals surface area contributed by atoms with E-state index in [2.05, 4.69) is 42.2 Å². The summed E-state index contributed by atoms with van der Waals surface area (Å²) < 4.78 is 1.27. The Morgan fingerprint density at radius 3 is 2.66 bits per heavy atom. The molecule has 0 spiro atoms. The number of anilines is 1. The molecule has 1 aromatic heterocycles. The average molecular weight is 388 g/mol. The number of hydrogen-bond acceptors (Lipinski definition) is 4. The number of amides is 1. The fraction of sp³-hybridized carbons (Fsp3) is 0.348. The van der Waals surface area contributed by atoms with Gasteiger partial charge in [0.1, 0.15) is 0 Å². The minimum absolute atomic E-state index is 0.119. The quantitative estimate of drug-likeness (QED) is 0.643. The van der Waals surface area contributed by atoms with Crippen LogP contribution in [0.25, 0.3) is 10.8 Å². The molecule has 0 aliphatic carbocycles. The lowest BCUT2D eigenvalue weighted by molar-refractivity contribution is 0.0959. The molecule has 6 heteroatoms. The number of piperidine rings is 1. The van der Waals surface area contributed by atoms with E-state index in [-0.39, 0.29) is 17.5 Å². The zero-order valence-electron chi connectivity index (χ0n) is 16.9. The number of benzene rings is 2. The molecule has 6 nitrogen and oxygen atoms in total. The van der Waals surface area contributed by atoms with Crippen LogP contribution in [0.15, 0.2) is 47.3 Å². The molecule has 2 aliphatic heterocycles. The first kappa shape index (κ1) is 18.1. The number of aryl methyl sites for hydroxylation is 2. The van der Waals surface area contributed by atoms with Gasteiger partial charge in [-0.05, 0) is 44.6 Å². The predicted molar refractivity (Wildman–Crippen MR) is 114 cm³/mol. The maximum absolute atomic E-state index is 13.8. The van der Waals surface area contributed by atoms with Gasteiger partial charge >= 0.3 is 0 Å². The van der Waals surface area contributed by atoms with Crippen LogP contribution in [0.4, 0.5) is 5.69 Å². The largest absolute Gasteiger partial charge is 0.306 e. The van der Waals surface area contributed by atoms with E-state index in [0.717, 1.165) is 25.2 Å². The third-order valence-electron chi connectivity index (χ3n) is 6.33. The topological polar surface area (TPSA) is 58.4 Å². The maximum atomic E-state index is 13.8. The van der Waals surface area contributed by atoms with Crippen LogP contribution in [0.5, 0.6) is 0 Å². The van der Waals surface area contributed by atoms with Gasteiger partial charge in [0.15, 0.2) is 5.69 Å². The van der Waals surface area contributed by atoms with Crippen molar-refractivity contribution in [3.05, 3.63) is 69.6 Å². The Kier molecular flexibility index (Phi) is 4.06. The molecule has 0 bridgehead atoms. The third kappa shape index (κ3) is 2.70. The van der Waals surface area contributed by atoms with Crippen LogP contribution in [-0.4, -0.2) is 46.8 Å². The summed E-state index contributed by atoms with van der Waals surface area (Å²) in [6.45, 7) is 3.99. The van der Waals surface area contributed by atoms with Crippen molar-refractivity contribution in [2.24, 2.45) is 7.05 Å². The molecule has 29 heavy (non-hydrogen) atoms. The van der Waals surface area contributed by atoms with Gasteiger partial charge in [-0.2, -0.15) is 5.10 Å². The van der Waals surface area contributed by atoms with E-state index < -0.39 is 0 Å². The molecule has 0 unspecified atom stereocenters. The summed E-state index contributed by atoms with van der Waals surface area (Å²) in [6, 6.07) is 13.7. The molecule has 3 heterocycles. The first-order valence-corrected chi connectivity index (χ1v) is 10.0. The smallest absolute Gasteiger partial charge is 0.279 e. The highest BCUT2D eigenvalue weighted by Gasteiger charge is 2.44. The number of carbonyl (C=O) groups is 1. The maximum Gasteiger partial charge on any atom is 0.279 e. The third-order valence-corrected chi connectivity index (χ3v) is 6.33. The van der Waals surface area contributed by atoms with Crippen molar-refractivity contribution >= 4 is 22.4 Å². The number of rotatable bonds is 1. The second-order valence-electron chi connectivity index (χ2n) is 8.29. The van der Waals surface area contributed by atoms with E-state index in [1.807, 2.05) is 23.1 Å². The van der Waals surface area contributed by atoms with Crippen LogP contribution >= 0.6 is 0 Å². The van der Waals surface area contributed by atoms with Crippen molar-refractivity contribution in [2.75, 3.05) is 25.0 Å². The number of likely N-dealkylation sites (N-methyl/N-ethyl adjacent to an activating group) is 1. The van der Waals surface area contributed by atoms with Crippen molar-refractivity contribution in [3.63, 3.8) is 0 Å². The zero-order chi connectivity index (χ0) is 20.3. The molecule has 0 saturated carbocycles. The Balaban J connectivity index is 1.69. The molecule has 2 aliphatic rings. The predicted octanol–water partition coefficient (Wildman–Crippen LogP) is 2.69. The molecule has 1 amide bonds. The van der Waals surface area contributed by atoms with Crippen LogP contribution in [-0.2, 0) is 7.05 Å². The first-order chi connectivity index (χ1) is 14.0. The highest BCUT2D eigenvalue weighted by Crippen LogP contribution is 2.45. The molecule has 2 aromatic carbocycles. The number of fused-ring (bicyclic) bond motifs is 4. The molecule has 2 atom stereocenters. The van der Waals surface area contributed by atoms with Crippen LogP contribution in [0, 0.1) is 6.92 Å².